The van der Waals surface area contributed by atoms with E-state index in [1.54, 1.807) is 17.6 Å². The van der Waals surface area contributed by atoms with E-state index in [0.29, 0.717) is 0 Å². The van der Waals surface area contributed by atoms with Crippen molar-refractivity contribution in [3.63, 3.8) is 0 Å². The highest BCUT2D eigenvalue weighted by Gasteiger charge is 1.76. The monoisotopic (exact) mass is 207 g/mol. The highest BCUT2D eigenvalue weighted by atomic mass is 32.1. The van der Waals surface area contributed by atoms with E-state index >= 15 is 0 Å². The largest absolute Gasteiger partial charge is 0.253 e. The topological polar surface area (TPSA) is 12.9 Å². The first-order chi connectivity index (χ1) is 5.89. The Morgan fingerprint density at radius 2 is 1.58 bits per heavy atom. The molecule has 74 valence electrons. The predicted octanol–water partition coefficient (Wildman–Crippen LogP) is 4.05. The molecule has 0 amide bonds. The van der Waals surface area contributed by atoms with Crippen LogP contribution in [0.15, 0.2) is 11.7 Å². The van der Waals surface area contributed by atoms with Gasteiger partial charge in [-0.25, -0.2) is 0 Å². The van der Waals surface area contributed by atoms with E-state index in [0.717, 1.165) is 0 Å². The van der Waals surface area contributed by atoms with Gasteiger partial charge in [-0.1, -0.05) is 27.7 Å². The van der Waals surface area contributed by atoms with Crippen LogP contribution in [0, 0.1) is 6.92 Å². The average molecular weight is 207 g/mol. The predicted molar refractivity (Wildman–Crippen MR) is 64.5 cm³/mol. The Hall–Kier alpha value is -0.0200. The molecule has 0 radical (unpaired) electrons. The first kappa shape index (κ1) is 17.9. The molecule has 3 heteroatoms. The first-order valence-electron chi connectivity index (χ1n) is 4.19. The maximum atomic E-state index is 3.84. The number of aryl methyl sites for hydroxylation is 1. The zero-order valence-corrected chi connectivity index (χ0v) is 10.7. The van der Waals surface area contributed by atoms with Crippen molar-refractivity contribution in [2.75, 3.05) is 6.26 Å². The fourth-order valence-electron chi connectivity index (χ4n) is 0.279. The molecule has 0 saturated heterocycles. The van der Waals surface area contributed by atoms with Gasteiger partial charge in [0, 0.05) is 11.1 Å². The van der Waals surface area contributed by atoms with Crippen LogP contribution in [0.4, 0.5) is 0 Å². The minimum Gasteiger partial charge on any atom is -0.253 e. The zero-order chi connectivity index (χ0) is 10.4. The Morgan fingerprint density at radius 1 is 1.17 bits per heavy atom. The van der Waals surface area contributed by atoms with Crippen LogP contribution in [0.3, 0.4) is 0 Å². The number of hydrogen-bond donors (Lipinski definition) is 1. The van der Waals surface area contributed by atoms with Gasteiger partial charge in [0.25, 0.3) is 0 Å². The summed E-state index contributed by atoms with van der Waals surface area (Å²) in [4.78, 5) is 5.11. The van der Waals surface area contributed by atoms with Crippen molar-refractivity contribution in [2.45, 2.75) is 34.6 Å². The molecule has 1 aromatic rings. The van der Waals surface area contributed by atoms with Gasteiger partial charge >= 0.3 is 0 Å². The van der Waals surface area contributed by atoms with Gasteiger partial charge in [-0.05, 0) is 13.2 Å². The smallest absolute Gasteiger partial charge is 0.0794 e. The summed E-state index contributed by atoms with van der Waals surface area (Å²) in [6.07, 6.45) is 3.55. The van der Waals surface area contributed by atoms with Gasteiger partial charge in [0.05, 0.1) is 5.51 Å². The van der Waals surface area contributed by atoms with Gasteiger partial charge in [0.2, 0.25) is 0 Å². The summed E-state index contributed by atoms with van der Waals surface area (Å²) in [6, 6.07) is 0. The molecule has 0 atom stereocenters. The van der Waals surface area contributed by atoms with E-state index in [1.165, 1.54) is 4.88 Å². The van der Waals surface area contributed by atoms with Crippen LogP contribution in [0.2, 0.25) is 0 Å². The van der Waals surface area contributed by atoms with E-state index in [4.69, 9.17) is 0 Å². The van der Waals surface area contributed by atoms with Crippen molar-refractivity contribution in [1.82, 2.24) is 4.98 Å². The highest BCUT2D eigenvalue weighted by molar-refractivity contribution is 7.79. The molecule has 0 spiro atoms. The third-order valence-corrected chi connectivity index (χ3v) is 1.26. The maximum absolute atomic E-state index is 3.84. The maximum Gasteiger partial charge on any atom is 0.0794 e. The quantitative estimate of drug-likeness (QED) is 0.633. The summed E-state index contributed by atoms with van der Waals surface area (Å²) < 4.78 is 0. The van der Waals surface area contributed by atoms with E-state index in [9.17, 15) is 0 Å². The lowest BCUT2D eigenvalue weighted by Crippen LogP contribution is -1.48. The summed E-state index contributed by atoms with van der Waals surface area (Å²) in [6.45, 7) is 10.0. The van der Waals surface area contributed by atoms with E-state index in [2.05, 4.69) is 17.6 Å². The van der Waals surface area contributed by atoms with Gasteiger partial charge in [0.1, 0.15) is 0 Å². The Labute approximate surface area is 86.7 Å². The van der Waals surface area contributed by atoms with Gasteiger partial charge < -0.3 is 0 Å². The molecule has 0 aliphatic rings. The second-order valence-electron chi connectivity index (χ2n) is 1.11. The molecule has 0 aromatic carbocycles. The number of hydrogen-bond acceptors (Lipinski definition) is 3. The van der Waals surface area contributed by atoms with Crippen LogP contribution in [0.25, 0.3) is 0 Å². The van der Waals surface area contributed by atoms with Gasteiger partial charge in [0.15, 0.2) is 0 Å². The lowest BCUT2D eigenvalue weighted by atomic mass is 10.7. The number of nitrogens with zero attached hydrogens (tertiary/aromatic N) is 1. The Kier molecular flexibility index (Phi) is 33.5. The third kappa shape index (κ3) is 16.5. The van der Waals surface area contributed by atoms with Crippen LogP contribution in [0.5, 0.6) is 0 Å². The molecule has 0 unspecified atom stereocenters. The molecule has 1 heterocycles. The molecule has 1 aromatic heterocycles. The average Bonchev–Trinajstić information content (AvgIpc) is 2.66. The Morgan fingerprint density at radius 3 is 1.67 bits per heavy atom. The van der Waals surface area contributed by atoms with Crippen LogP contribution >= 0.6 is 24.0 Å². The van der Waals surface area contributed by atoms with Crippen molar-refractivity contribution in [1.29, 1.82) is 0 Å². The molecule has 0 saturated carbocycles. The standard InChI is InChI=1S/C4H5NS.2C2H6.CH4S/c1-4-2-5-3-6-4;3*1-2/h2-3H,1H3;2*1-2H3;2H,1H3. The van der Waals surface area contributed by atoms with Crippen LogP contribution in [-0.4, -0.2) is 11.2 Å². The number of rotatable bonds is 0. The molecule has 0 fully saturated rings. The number of aromatic nitrogens is 1. The molecule has 12 heavy (non-hydrogen) atoms. The zero-order valence-electron chi connectivity index (χ0n) is 8.96. The summed E-state index contributed by atoms with van der Waals surface area (Å²) in [5, 5.41) is 0. The van der Waals surface area contributed by atoms with Crippen LogP contribution < -0.4 is 0 Å². The molecular weight excluding hydrogens is 186 g/mol. The highest BCUT2D eigenvalue weighted by Crippen LogP contribution is 1.99. The minimum atomic E-state index is 1.27. The van der Waals surface area contributed by atoms with Crippen LogP contribution in [0.1, 0.15) is 32.6 Å². The second kappa shape index (κ2) is 22.4. The van der Waals surface area contributed by atoms with E-state index in [1.807, 2.05) is 46.3 Å². The van der Waals surface area contributed by atoms with Crippen molar-refractivity contribution in [2.24, 2.45) is 0 Å². The lowest BCUT2D eigenvalue weighted by molar-refractivity contribution is 1.39. The number of thiol groups is 1. The molecule has 1 rings (SSSR count). The molecule has 0 bridgehead atoms. The summed E-state index contributed by atoms with van der Waals surface area (Å²) in [7, 11) is 0. The molecule has 0 N–H and O–H groups in total. The van der Waals surface area contributed by atoms with Gasteiger partial charge in [-0.2, -0.15) is 12.6 Å². The van der Waals surface area contributed by atoms with E-state index in [-0.39, 0.29) is 0 Å². The second-order valence-corrected chi connectivity index (χ2v) is 2.20. The third-order valence-electron chi connectivity index (χ3n) is 0.556. The normalized spacial score (nSPS) is 5.92. The van der Waals surface area contributed by atoms with Crippen molar-refractivity contribution in [3.8, 4) is 0 Å². The van der Waals surface area contributed by atoms with Crippen molar-refractivity contribution in [3.05, 3.63) is 16.6 Å². The molecule has 1 nitrogen and oxygen atoms in total. The molecular formula is C9H21NS2. The van der Waals surface area contributed by atoms with Crippen LogP contribution in [-0.2, 0) is 0 Å². The summed E-state index contributed by atoms with van der Waals surface area (Å²) in [5.41, 5.74) is 1.83. The van der Waals surface area contributed by atoms with E-state index < -0.39 is 0 Å². The van der Waals surface area contributed by atoms with Gasteiger partial charge in [-0.15, -0.1) is 11.3 Å². The number of thiazole rings is 1. The molecule has 0 aliphatic carbocycles. The van der Waals surface area contributed by atoms with Crippen molar-refractivity contribution >= 4 is 24.0 Å². The first-order valence-corrected chi connectivity index (χ1v) is 5.97. The fraction of sp³-hybridized carbons (Fsp3) is 0.667. The lowest BCUT2D eigenvalue weighted by Gasteiger charge is -1.63. The summed E-state index contributed by atoms with van der Waals surface area (Å²) in [5.74, 6) is 0. The van der Waals surface area contributed by atoms with Gasteiger partial charge in [-0.3, -0.25) is 4.98 Å². The van der Waals surface area contributed by atoms with Crippen molar-refractivity contribution < 1.29 is 0 Å². The molecule has 0 aliphatic heterocycles. The Balaban J connectivity index is -0.000000117. The fourth-order valence-corrected chi connectivity index (χ4v) is 0.689. The Bertz CT molecular complexity index is 116. The SMILES string of the molecule is CC.CC.CS.Cc1cncs1. The summed E-state index contributed by atoms with van der Waals surface area (Å²) >= 11 is 5.19. The minimum absolute atomic E-state index is 1.27.